The number of halogens is 3. The number of thioether (sulfide) groups is 1. The Kier molecular flexibility index (Phi) is 6.35. The number of hydrogen-bond donors (Lipinski definition) is 3. The van der Waals surface area contributed by atoms with Gasteiger partial charge in [0.25, 0.3) is 10.0 Å². The zero-order chi connectivity index (χ0) is 25.4. The van der Waals surface area contributed by atoms with Crippen LogP contribution in [0.5, 0.6) is 0 Å². The van der Waals surface area contributed by atoms with Gasteiger partial charge in [0, 0.05) is 17.0 Å². The Balaban J connectivity index is 1.59. The number of sulfonamides is 1. The fraction of sp³-hybridized carbons (Fsp3) is 0.136. The SMILES string of the molecule is CSc1n[nH]c(NS(=O)(=O)c2ccc(Cc3ccc4[nH]c(=O)cc(C(F)(F)F)c4c3)cc2)c1C#N. The summed E-state index contributed by atoms with van der Waals surface area (Å²) in [5.41, 5.74) is -0.514. The van der Waals surface area contributed by atoms with Gasteiger partial charge in [-0.1, -0.05) is 18.2 Å². The molecule has 0 atom stereocenters. The van der Waals surface area contributed by atoms with Crippen LogP contribution in [0.2, 0.25) is 0 Å². The molecule has 0 radical (unpaired) electrons. The van der Waals surface area contributed by atoms with Gasteiger partial charge in [-0.2, -0.15) is 23.5 Å². The number of nitrogens with zero attached hydrogens (tertiary/aromatic N) is 2. The van der Waals surface area contributed by atoms with Crippen LogP contribution in [0.3, 0.4) is 0 Å². The summed E-state index contributed by atoms with van der Waals surface area (Å²) >= 11 is 1.19. The van der Waals surface area contributed by atoms with Crippen molar-refractivity contribution >= 4 is 38.5 Å². The average molecular weight is 520 g/mol. The van der Waals surface area contributed by atoms with Crippen LogP contribution in [0.1, 0.15) is 22.3 Å². The van der Waals surface area contributed by atoms with E-state index in [0.29, 0.717) is 22.2 Å². The van der Waals surface area contributed by atoms with E-state index in [2.05, 4.69) is 19.9 Å². The van der Waals surface area contributed by atoms with Gasteiger partial charge in [0.2, 0.25) is 5.56 Å². The van der Waals surface area contributed by atoms with Crippen molar-refractivity contribution in [2.75, 3.05) is 11.0 Å². The van der Waals surface area contributed by atoms with Crippen LogP contribution in [0.4, 0.5) is 19.0 Å². The van der Waals surface area contributed by atoms with Gasteiger partial charge in [0.1, 0.15) is 16.7 Å². The molecule has 8 nitrogen and oxygen atoms in total. The van der Waals surface area contributed by atoms with Gasteiger partial charge >= 0.3 is 6.18 Å². The summed E-state index contributed by atoms with van der Waals surface area (Å²) in [4.78, 5) is 13.9. The molecule has 0 amide bonds. The molecule has 0 fully saturated rings. The lowest BCUT2D eigenvalue weighted by Crippen LogP contribution is -2.14. The summed E-state index contributed by atoms with van der Waals surface area (Å²) in [6.07, 6.45) is -2.76. The van der Waals surface area contributed by atoms with E-state index in [1.165, 1.54) is 36.0 Å². The number of rotatable bonds is 6. The number of pyridine rings is 1. The van der Waals surface area contributed by atoms with Crippen molar-refractivity contribution in [3.05, 3.63) is 81.1 Å². The highest BCUT2D eigenvalue weighted by atomic mass is 32.2. The molecule has 0 aliphatic heterocycles. The van der Waals surface area contributed by atoms with Crippen LogP contribution in [0.25, 0.3) is 10.9 Å². The normalized spacial score (nSPS) is 12.0. The van der Waals surface area contributed by atoms with Gasteiger partial charge < -0.3 is 4.98 Å². The molecule has 13 heteroatoms. The van der Waals surface area contributed by atoms with Crippen molar-refractivity contribution in [1.29, 1.82) is 5.26 Å². The number of hydrogen-bond acceptors (Lipinski definition) is 6. The molecule has 2 aromatic heterocycles. The second-order valence-electron chi connectivity index (χ2n) is 7.45. The lowest BCUT2D eigenvalue weighted by Gasteiger charge is -2.12. The standard InChI is InChI=1S/C22H16F3N5O3S2/c1-34-21-16(11-26)20(28-29-21)30-35(32,33)14-5-2-12(3-6-14)8-13-4-7-18-15(9-13)17(22(23,24)25)10-19(31)27-18/h2-7,9-10H,8H2,1H3,(H,27,31)(H2,28,29,30). The van der Waals surface area contributed by atoms with Gasteiger partial charge in [-0.15, -0.1) is 11.8 Å². The van der Waals surface area contributed by atoms with E-state index >= 15 is 0 Å². The van der Waals surface area contributed by atoms with Crippen LogP contribution in [0.15, 0.2) is 63.2 Å². The van der Waals surface area contributed by atoms with Crippen molar-refractivity contribution in [3.63, 3.8) is 0 Å². The van der Waals surface area contributed by atoms with E-state index in [9.17, 15) is 31.6 Å². The Labute approximate surface area is 201 Å². The monoisotopic (exact) mass is 519 g/mol. The van der Waals surface area contributed by atoms with Crippen LogP contribution < -0.4 is 10.3 Å². The van der Waals surface area contributed by atoms with Crippen molar-refractivity contribution in [2.24, 2.45) is 0 Å². The summed E-state index contributed by atoms with van der Waals surface area (Å²) in [6, 6.07) is 12.6. The molecule has 0 bridgehead atoms. The van der Waals surface area contributed by atoms with Crippen molar-refractivity contribution < 1.29 is 21.6 Å². The third-order valence-electron chi connectivity index (χ3n) is 5.13. The number of alkyl halides is 3. The van der Waals surface area contributed by atoms with E-state index in [0.717, 1.165) is 0 Å². The largest absolute Gasteiger partial charge is 0.417 e. The highest BCUT2D eigenvalue weighted by Gasteiger charge is 2.33. The molecule has 3 N–H and O–H groups in total. The number of fused-ring (bicyclic) bond motifs is 1. The highest BCUT2D eigenvalue weighted by molar-refractivity contribution is 7.98. The molecule has 0 unspecified atom stereocenters. The summed E-state index contributed by atoms with van der Waals surface area (Å²) in [7, 11) is -4.03. The van der Waals surface area contributed by atoms with E-state index in [1.807, 2.05) is 6.07 Å². The van der Waals surface area contributed by atoms with Gasteiger partial charge in [-0.25, -0.2) is 8.42 Å². The third-order valence-corrected chi connectivity index (χ3v) is 7.18. The Morgan fingerprint density at radius 1 is 1.11 bits per heavy atom. The first-order valence-electron chi connectivity index (χ1n) is 9.89. The Hall–Kier alpha value is -3.76. The maximum Gasteiger partial charge on any atom is 0.417 e. The quantitative estimate of drug-likeness (QED) is 0.326. The minimum Gasteiger partial charge on any atom is -0.322 e. The smallest absolute Gasteiger partial charge is 0.322 e. The van der Waals surface area contributed by atoms with E-state index in [1.54, 1.807) is 24.5 Å². The molecule has 35 heavy (non-hydrogen) atoms. The summed E-state index contributed by atoms with van der Waals surface area (Å²) in [5.74, 6) is -0.0457. The molecule has 0 saturated carbocycles. The number of nitriles is 1. The number of nitrogens with one attached hydrogen (secondary N) is 3. The molecule has 0 spiro atoms. The average Bonchev–Trinajstić information content (AvgIpc) is 3.19. The number of H-pyrrole nitrogens is 2. The first kappa shape index (κ1) is 24.4. The molecule has 0 aliphatic carbocycles. The van der Waals surface area contributed by atoms with E-state index < -0.39 is 27.3 Å². The first-order valence-corrected chi connectivity index (χ1v) is 12.6. The Bertz CT molecular complexity index is 1620. The van der Waals surface area contributed by atoms with E-state index in [-0.39, 0.29) is 33.6 Å². The third kappa shape index (κ3) is 5.03. The van der Waals surface area contributed by atoms with Gasteiger partial charge in [0.15, 0.2) is 5.82 Å². The second kappa shape index (κ2) is 9.12. The number of benzene rings is 2. The van der Waals surface area contributed by atoms with Crippen molar-refractivity contribution in [1.82, 2.24) is 15.2 Å². The maximum absolute atomic E-state index is 13.4. The van der Waals surface area contributed by atoms with Gasteiger partial charge in [-0.05, 0) is 48.1 Å². The second-order valence-corrected chi connectivity index (χ2v) is 9.92. The van der Waals surface area contributed by atoms with Crippen LogP contribution in [-0.4, -0.2) is 29.9 Å². The van der Waals surface area contributed by atoms with Crippen LogP contribution >= 0.6 is 11.8 Å². The molecule has 180 valence electrons. The Morgan fingerprint density at radius 2 is 1.80 bits per heavy atom. The fourth-order valence-electron chi connectivity index (χ4n) is 3.51. The highest BCUT2D eigenvalue weighted by Crippen LogP contribution is 2.34. The predicted molar refractivity (Wildman–Crippen MR) is 125 cm³/mol. The Morgan fingerprint density at radius 3 is 2.43 bits per heavy atom. The topological polar surface area (TPSA) is 131 Å². The number of aromatic amines is 2. The number of aromatic nitrogens is 3. The zero-order valence-corrected chi connectivity index (χ0v) is 19.5. The summed E-state index contributed by atoms with van der Waals surface area (Å²) < 4.78 is 68.0. The zero-order valence-electron chi connectivity index (χ0n) is 17.9. The molecular weight excluding hydrogens is 503 g/mol. The molecule has 4 rings (SSSR count). The predicted octanol–water partition coefficient (Wildman–Crippen LogP) is 4.26. The minimum absolute atomic E-state index is 0.0457. The molecule has 2 heterocycles. The summed E-state index contributed by atoms with van der Waals surface area (Å²) in [5, 5.41) is 15.9. The molecule has 4 aromatic rings. The first-order chi connectivity index (χ1) is 16.5. The van der Waals surface area contributed by atoms with Gasteiger partial charge in [0.05, 0.1) is 10.5 Å². The van der Waals surface area contributed by atoms with Crippen LogP contribution in [0, 0.1) is 11.3 Å². The molecule has 0 aliphatic rings. The molecule has 2 aromatic carbocycles. The van der Waals surface area contributed by atoms with Gasteiger partial charge in [-0.3, -0.25) is 14.6 Å². The summed E-state index contributed by atoms with van der Waals surface area (Å²) in [6.45, 7) is 0. The van der Waals surface area contributed by atoms with E-state index in [4.69, 9.17) is 0 Å². The van der Waals surface area contributed by atoms with Crippen molar-refractivity contribution in [3.8, 4) is 6.07 Å². The van der Waals surface area contributed by atoms with Crippen molar-refractivity contribution in [2.45, 2.75) is 22.5 Å². The van der Waals surface area contributed by atoms with Crippen LogP contribution in [-0.2, 0) is 22.6 Å². The fourth-order valence-corrected chi connectivity index (χ4v) is 5.03. The molecular formula is C22H16F3N5O3S2. The number of anilines is 1. The lowest BCUT2D eigenvalue weighted by molar-refractivity contribution is -0.136. The maximum atomic E-state index is 13.4. The minimum atomic E-state index is -4.69. The molecule has 0 saturated heterocycles. The lowest BCUT2D eigenvalue weighted by atomic mass is 10.0.